The highest BCUT2D eigenvalue weighted by atomic mass is 16.5. The summed E-state index contributed by atoms with van der Waals surface area (Å²) in [7, 11) is 0. The van der Waals surface area contributed by atoms with Gasteiger partial charge in [-0.05, 0) is 63.6 Å². The number of ether oxygens (including phenoxy) is 2. The number of hydrogen-bond acceptors (Lipinski definition) is 3. The molecule has 2 aromatic carbocycles. The van der Waals surface area contributed by atoms with Crippen molar-refractivity contribution in [2.24, 2.45) is 0 Å². The predicted octanol–water partition coefficient (Wildman–Crippen LogP) is 5.05. The molecule has 2 unspecified atom stereocenters. The van der Waals surface area contributed by atoms with E-state index < -0.39 is 0 Å². The summed E-state index contributed by atoms with van der Waals surface area (Å²) < 4.78 is 11.7. The van der Waals surface area contributed by atoms with E-state index in [1.807, 2.05) is 36.4 Å². The van der Waals surface area contributed by atoms with Gasteiger partial charge in [0.05, 0.1) is 12.6 Å². The molecule has 0 heterocycles. The van der Waals surface area contributed by atoms with Crippen LogP contribution in [0.3, 0.4) is 0 Å². The number of anilines is 1. The topological polar surface area (TPSA) is 30.5 Å². The Morgan fingerprint density at radius 2 is 1.35 bits per heavy atom. The first-order valence-electron chi connectivity index (χ1n) is 8.30. The minimum absolute atomic E-state index is 0.0914. The van der Waals surface area contributed by atoms with Crippen molar-refractivity contribution < 1.29 is 9.47 Å². The molecule has 1 N–H and O–H groups in total. The zero-order valence-corrected chi connectivity index (χ0v) is 14.5. The highest BCUT2D eigenvalue weighted by molar-refractivity contribution is 5.46. The SMILES string of the molecule is CCC(C)Oc1ccc(NCC(C)Oc2ccc(C)cc2)cc1. The molecule has 0 radical (unpaired) electrons. The van der Waals surface area contributed by atoms with Gasteiger partial charge in [-0.2, -0.15) is 0 Å². The molecule has 2 atom stereocenters. The maximum atomic E-state index is 5.89. The van der Waals surface area contributed by atoms with Crippen LogP contribution in [0, 0.1) is 6.92 Å². The molecule has 23 heavy (non-hydrogen) atoms. The van der Waals surface area contributed by atoms with Crippen LogP contribution >= 0.6 is 0 Å². The second kappa shape index (κ2) is 8.47. The number of benzene rings is 2. The zero-order chi connectivity index (χ0) is 16.7. The Kier molecular flexibility index (Phi) is 6.33. The first-order valence-corrected chi connectivity index (χ1v) is 8.30. The summed E-state index contributed by atoms with van der Waals surface area (Å²) in [6.45, 7) is 9.09. The lowest BCUT2D eigenvalue weighted by Gasteiger charge is -2.17. The molecule has 3 heteroatoms. The largest absolute Gasteiger partial charge is 0.491 e. The molecule has 0 bridgehead atoms. The van der Waals surface area contributed by atoms with Crippen LogP contribution < -0.4 is 14.8 Å². The fraction of sp³-hybridized carbons (Fsp3) is 0.400. The molecular weight excluding hydrogens is 286 g/mol. The van der Waals surface area contributed by atoms with Gasteiger partial charge in [0.2, 0.25) is 0 Å². The summed E-state index contributed by atoms with van der Waals surface area (Å²) in [5, 5.41) is 3.39. The van der Waals surface area contributed by atoms with E-state index in [9.17, 15) is 0 Å². The number of rotatable bonds is 8. The van der Waals surface area contributed by atoms with Gasteiger partial charge in [-0.15, -0.1) is 0 Å². The molecule has 0 spiro atoms. The third kappa shape index (κ3) is 5.85. The fourth-order valence-corrected chi connectivity index (χ4v) is 2.12. The maximum Gasteiger partial charge on any atom is 0.119 e. The molecule has 0 saturated heterocycles. The van der Waals surface area contributed by atoms with E-state index in [1.54, 1.807) is 0 Å². The summed E-state index contributed by atoms with van der Waals surface area (Å²) in [6.07, 6.45) is 1.35. The first kappa shape index (κ1) is 17.2. The minimum atomic E-state index is 0.0914. The highest BCUT2D eigenvalue weighted by Crippen LogP contribution is 2.18. The van der Waals surface area contributed by atoms with Gasteiger partial charge >= 0.3 is 0 Å². The number of nitrogens with one attached hydrogen (secondary N) is 1. The van der Waals surface area contributed by atoms with Crippen LogP contribution in [0.5, 0.6) is 11.5 Å². The highest BCUT2D eigenvalue weighted by Gasteiger charge is 2.05. The molecule has 124 valence electrons. The van der Waals surface area contributed by atoms with Gasteiger partial charge in [-0.3, -0.25) is 0 Å². The quantitative estimate of drug-likeness (QED) is 0.739. The van der Waals surface area contributed by atoms with E-state index in [2.05, 4.69) is 45.1 Å². The monoisotopic (exact) mass is 313 g/mol. The van der Waals surface area contributed by atoms with E-state index in [0.717, 1.165) is 30.2 Å². The zero-order valence-electron chi connectivity index (χ0n) is 14.5. The normalized spacial score (nSPS) is 13.2. The summed E-state index contributed by atoms with van der Waals surface area (Å²) in [5.41, 5.74) is 2.31. The molecule has 0 fully saturated rings. The van der Waals surface area contributed by atoms with Crippen LogP contribution in [0.15, 0.2) is 48.5 Å². The van der Waals surface area contributed by atoms with E-state index in [4.69, 9.17) is 9.47 Å². The molecule has 0 aliphatic carbocycles. The molecule has 0 aliphatic rings. The molecule has 0 saturated carbocycles. The van der Waals surface area contributed by atoms with Crippen molar-refractivity contribution in [1.29, 1.82) is 0 Å². The molecular formula is C20H27NO2. The summed E-state index contributed by atoms with van der Waals surface area (Å²) in [6, 6.07) is 16.2. The van der Waals surface area contributed by atoms with Crippen LogP contribution in [-0.2, 0) is 0 Å². The first-order chi connectivity index (χ1) is 11.1. The van der Waals surface area contributed by atoms with E-state index in [1.165, 1.54) is 5.56 Å². The standard InChI is InChI=1S/C20H27NO2/c1-5-16(3)22-20-12-8-18(9-13-20)21-14-17(4)23-19-10-6-15(2)7-11-19/h6-13,16-17,21H,5,14H2,1-4H3. The van der Waals surface area contributed by atoms with Gasteiger partial charge in [0.1, 0.15) is 17.6 Å². The Hall–Kier alpha value is -2.16. The van der Waals surface area contributed by atoms with E-state index in [0.29, 0.717) is 0 Å². The Bertz CT molecular complexity index is 578. The van der Waals surface area contributed by atoms with Crippen molar-refractivity contribution in [2.75, 3.05) is 11.9 Å². The van der Waals surface area contributed by atoms with Crippen molar-refractivity contribution in [1.82, 2.24) is 0 Å². The smallest absolute Gasteiger partial charge is 0.119 e. The van der Waals surface area contributed by atoms with Crippen molar-refractivity contribution in [3.05, 3.63) is 54.1 Å². The second-order valence-electron chi connectivity index (χ2n) is 5.98. The maximum absolute atomic E-state index is 5.89. The lowest BCUT2D eigenvalue weighted by atomic mass is 10.2. The summed E-state index contributed by atoms with van der Waals surface area (Å²) in [4.78, 5) is 0. The Morgan fingerprint density at radius 3 is 1.91 bits per heavy atom. The van der Waals surface area contributed by atoms with Crippen molar-refractivity contribution >= 4 is 5.69 Å². The van der Waals surface area contributed by atoms with Crippen LogP contribution in [0.1, 0.15) is 32.8 Å². The van der Waals surface area contributed by atoms with Crippen LogP contribution in [-0.4, -0.2) is 18.8 Å². The minimum Gasteiger partial charge on any atom is -0.491 e. The third-order valence-electron chi connectivity index (χ3n) is 3.72. The predicted molar refractivity (Wildman–Crippen MR) is 96.6 cm³/mol. The van der Waals surface area contributed by atoms with Crippen molar-refractivity contribution in [3.63, 3.8) is 0 Å². The van der Waals surface area contributed by atoms with Crippen LogP contribution in [0.4, 0.5) is 5.69 Å². The second-order valence-corrected chi connectivity index (χ2v) is 5.98. The van der Waals surface area contributed by atoms with Gasteiger partial charge in [0.25, 0.3) is 0 Å². The van der Waals surface area contributed by atoms with E-state index in [-0.39, 0.29) is 12.2 Å². The van der Waals surface area contributed by atoms with Crippen LogP contribution in [0.25, 0.3) is 0 Å². The fourth-order valence-electron chi connectivity index (χ4n) is 2.12. The summed E-state index contributed by atoms with van der Waals surface area (Å²) >= 11 is 0. The summed E-state index contributed by atoms with van der Waals surface area (Å²) in [5.74, 6) is 1.82. The van der Waals surface area contributed by atoms with Gasteiger partial charge in [-0.25, -0.2) is 0 Å². The molecule has 2 rings (SSSR count). The Labute approximate surface area is 139 Å². The Morgan fingerprint density at radius 1 is 0.826 bits per heavy atom. The average Bonchev–Trinajstić information content (AvgIpc) is 2.56. The Balaban J connectivity index is 1.79. The number of hydrogen-bond donors (Lipinski definition) is 1. The average molecular weight is 313 g/mol. The molecule has 0 aliphatic heterocycles. The van der Waals surface area contributed by atoms with E-state index >= 15 is 0 Å². The van der Waals surface area contributed by atoms with Crippen molar-refractivity contribution in [3.8, 4) is 11.5 Å². The van der Waals surface area contributed by atoms with Gasteiger partial charge in [0.15, 0.2) is 0 Å². The lowest BCUT2D eigenvalue weighted by Crippen LogP contribution is -2.22. The lowest BCUT2D eigenvalue weighted by molar-refractivity contribution is 0.217. The molecule has 0 amide bonds. The number of aryl methyl sites for hydroxylation is 1. The molecule has 2 aromatic rings. The van der Waals surface area contributed by atoms with Gasteiger partial charge < -0.3 is 14.8 Å². The molecule has 0 aromatic heterocycles. The van der Waals surface area contributed by atoms with Crippen LogP contribution in [0.2, 0.25) is 0 Å². The van der Waals surface area contributed by atoms with Gasteiger partial charge in [0, 0.05) is 5.69 Å². The third-order valence-corrected chi connectivity index (χ3v) is 3.72. The van der Waals surface area contributed by atoms with Crippen molar-refractivity contribution in [2.45, 2.75) is 46.3 Å². The van der Waals surface area contributed by atoms with Gasteiger partial charge in [-0.1, -0.05) is 24.6 Å². The molecule has 3 nitrogen and oxygen atoms in total.